The minimum Gasteiger partial charge on any atom is -0.481 e. The lowest BCUT2D eigenvalue weighted by atomic mass is 10.1. The molecule has 1 unspecified atom stereocenters. The molecule has 16 heavy (non-hydrogen) atoms. The van der Waals surface area contributed by atoms with Gasteiger partial charge in [-0.05, 0) is 5.56 Å². The lowest BCUT2D eigenvalue weighted by Gasteiger charge is -2.13. The second kappa shape index (κ2) is 6.17. The maximum atomic E-state index is 10.7. The minimum absolute atomic E-state index is 0.0675. The average Bonchev–Trinajstić information content (AvgIpc) is 2.25. The molecule has 0 saturated carbocycles. The maximum absolute atomic E-state index is 10.7. The first-order chi connectivity index (χ1) is 7.59. The van der Waals surface area contributed by atoms with Gasteiger partial charge in [0.1, 0.15) is 0 Å². The highest BCUT2D eigenvalue weighted by Crippen LogP contribution is 2.31. The van der Waals surface area contributed by atoms with Gasteiger partial charge in [-0.1, -0.05) is 30.3 Å². The SMILES string of the molecule is O=C(O)CSC(CC(=O)O)c1ccccc1. The summed E-state index contributed by atoms with van der Waals surface area (Å²) in [7, 11) is 0. The zero-order valence-electron chi connectivity index (χ0n) is 8.50. The summed E-state index contributed by atoms with van der Waals surface area (Å²) < 4.78 is 0. The van der Waals surface area contributed by atoms with Gasteiger partial charge >= 0.3 is 11.9 Å². The molecule has 0 heterocycles. The van der Waals surface area contributed by atoms with Crippen LogP contribution in [0.25, 0.3) is 0 Å². The molecular formula is C11H12O4S. The third-order valence-corrected chi connectivity index (χ3v) is 3.19. The summed E-state index contributed by atoms with van der Waals surface area (Å²) in [6.07, 6.45) is -0.0675. The fourth-order valence-corrected chi connectivity index (χ4v) is 2.22. The molecular weight excluding hydrogens is 228 g/mol. The summed E-state index contributed by atoms with van der Waals surface area (Å²) in [5.74, 6) is -1.95. The summed E-state index contributed by atoms with van der Waals surface area (Å²) in [4.78, 5) is 21.1. The first-order valence-electron chi connectivity index (χ1n) is 4.69. The molecule has 0 radical (unpaired) electrons. The summed E-state index contributed by atoms with van der Waals surface area (Å²) >= 11 is 1.13. The van der Waals surface area contributed by atoms with Gasteiger partial charge in [0.15, 0.2) is 0 Å². The van der Waals surface area contributed by atoms with Gasteiger partial charge in [0.05, 0.1) is 12.2 Å². The Morgan fingerprint density at radius 1 is 1.12 bits per heavy atom. The van der Waals surface area contributed by atoms with Crippen LogP contribution in [0.1, 0.15) is 17.2 Å². The van der Waals surface area contributed by atoms with Crippen molar-refractivity contribution in [3.05, 3.63) is 35.9 Å². The number of carboxylic acid groups (broad SMARTS) is 2. The number of thioether (sulfide) groups is 1. The predicted molar refractivity (Wildman–Crippen MR) is 61.5 cm³/mol. The molecule has 0 spiro atoms. The van der Waals surface area contributed by atoms with E-state index in [9.17, 15) is 9.59 Å². The largest absolute Gasteiger partial charge is 0.481 e. The number of carbonyl (C=O) groups is 2. The molecule has 4 nitrogen and oxygen atoms in total. The molecule has 1 aromatic carbocycles. The van der Waals surface area contributed by atoms with E-state index in [2.05, 4.69) is 0 Å². The molecule has 0 aliphatic rings. The van der Waals surface area contributed by atoms with Gasteiger partial charge in [-0.15, -0.1) is 11.8 Å². The Balaban J connectivity index is 2.71. The molecule has 1 aromatic rings. The van der Waals surface area contributed by atoms with Crippen molar-refractivity contribution < 1.29 is 19.8 Å². The van der Waals surface area contributed by atoms with Crippen LogP contribution in [0.3, 0.4) is 0 Å². The van der Waals surface area contributed by atoms with Crippen molar-refractivity contribution in [2.24, 2.45) is 0 Å². The van der Waals surface area contributed by atoms with E-state index < -0.39 is 11.9 Å². The predicted octanol–water partition coefficient (Wildman–Crippen LogP) is 2.02. The van der Waals surface area contributed by atoms with Crippen LogP contribution >= 0.6 is 11.8 Å². The minimum atomic E-state index is -0.934. The highest BCUT2D eigenvalue weighted by Gasteiger charge is 2.16. The van der Waals surface area contributed by atoms with E-state index in [4.69, 9.17) is 10.2 Å². The number of hydrogen-bond donors (Lipinski definition) is 2. The van der Waals surface area contributed by atoms with Crippen molar-refractivity contribution >= 4 is 23.7 Å². The van der Waals surface area contributed by atoms with Crippen LogP contribution in [0.15, 0.2) is 30.3 Å². The van der Waals surface area contributed by atoms with Gasteiger partial charge in [0, 0.05) is 5.25 Å². The number of aliphatic carboxylic acids is 2. The molecule has 5 heteroatoms. The number of hydrogen-bond acceptors (Lipinski definition) is 3. The topological polar surface area (TPSA) is 74.6 Å². The Hall–Kier alpha value is -1.49. The standard InChI is InChI=1S/C11H12O4S/c12-10(13)6-9(16-7-11(14)15)8-4-2-1-3-5-8/h1-5,9H,6-7H2,(H,12,13)(H,14,15). The lowest BCUT2D eigenvalue weighted by molar-refractivity contribution is -0.137. The first-order valence-corrected chi connectivity index (χ1v) is 5.74. The molecule has 86 valence electrons. The van der Waals surface area contributed by atoms with Crippen LogP contribution in [-0.2, 0) is 9.59 Å². The fourth-order valence-electron chi connectivity index (χ4n) is 1.27. The quantitative estimate of drug-likeness (QED) is 0.795. The Kier molecular flexibility index (Phi) is 4.85. The first kappa shape index (κ1) is 12.6. The molecule has 0 bridgehead atoms. The normalized spacial score (nSPS) is 12.0. The van der Waals surface area contributed by atoms with Crippen LogP contribution in [0.2, 0.25) is 0 Å². The van der Waals surface area contributed by atoms with E-state index in [-0.39, 0.29) is 17.4 Å². The summed E-state index contributed by atoms with van der Waals surface area (Å²) in [5, 5.41) is 17.0. The van der Waals surface area contributed by atoms with Crippen LogP contribution < -0.4 is 0 Å². The van der Waals surface area contributed by atoms with Crippen LogP contribution in [-0.4, -0.2) is 27.9 Å². The van der Waals surface area contributed by atoms with E-state index >= 15 is 0 Å². The molecule has 0 saturated heterocycles. The fraction of sp³-hybridized carbons (Fsp3) is 0.273. The van der Waals surface area contributed by atoms with E-state index in [0.717, 1.165) is 17.3 Å². The number of benzene rings is 1. The second-order valence-corrected chi connectivity index (χ2v) is 4.39. The van der Waals surface area contributed by atoms with Crippen molar-refractivity contribution in [1.29, 1.82) is 0 Å². The second-order valence-electron chi connectivity index (χ2n) is 3.20. The van der Waals surface area contributed by atoms with Gasteiger partial charge in [0.2, 0.25) is 0 Å². The average molecular weight is 240 g/mol. The van der Waals surface area contributed by atoms with E-state index in [1.807, 2.05) is 30.3 Å². The van der Waals surface area contributed by atoms with Crippen molar-refractivity contribution in [3.63, 3.8) is 0 Å². The Bertz CT molecular complexity index is 364. The van der Waals surface area contributed by atoms with Crippen LogP contribution in [0.4, 0.5) is 0 Å². The highest BCUT2D eigenvalue weighted by molar-refractivity contribution is 8.00. The molecule has 0 fully saturated rings. The van der Waals surface area contributed by atoms with Gasteiger partial charge in [0.25, 0.3) is 0 Å². The van der Waals surface area contributed by atoms with Crippen LogP contribution in [0.5, 0.6) is 0 Å². The molecule has 1 atom stereocenters. The number of carboxylic acids is 2. The maximum Gasteiger partial charge on any atom is 0.313 e. The summed E-state index contributed by atoms with van der Waals surface area (Å²) in [6, 6.07) is 9.07. The monoisotopic (exact) mass is 240 g/mol. The Labute approximate surface area is 97.3 Å². The van der Waals surface area contributed by atoms with Crippen molar-refractivity contribution in [3.8, 4) is 0 Å². The Morgan fingerprint density at radius 3 is 2.25 bits per heavy atom. The molecule has 0 aliphatic heterocycles. The lowest BCUT2D eigenvalue weighted by Crippen LogP contribution is -2.07. The zero-order valence-corrected chi connectivity index (χ0v) is 9.31. The van der Waals surface area contributed by atoms with Crippen LogP contribution in [0, 0.1) is 0 Å². The Morgan fingerprint density at radius 2 is 1.75 bits per heavy atom. The molecule has 0 amide bonds. The van der Waals surface area contributed by atoms with Crippen molar-refractivity contribution in [1.82, 2.24) is 0 Å². The van der Waals surface area contributed by atoms with E-state index in [1.54, 1.807) is 0 Å². The summed E-state index contributed by atoms with van der Waals surface area (Å²) in [6.45, 7) is 0. The summed E-state index contributed by atoms with van der Waals surface area (Å²) in [5.41, 5.74) is 0.844. The van der Waals surface area contributed by atoms with Gasteiger partial charge in [-0.3, -0.25) is 9.59 Å². The third kappa shape index (κ3) is 4.35. The zero-order chi connectivity index (χ0) is 12.0. The molecule has 1 rings (SSSR count). The molecule has 2 N–H and O–H groups in total. The van der Waals surface area contributed by atoms with Crippen molar-refractivity contribution in [2.45, 2.75) is 11.7 Å². The molecule has 0 aromatic heterocycles. The highest BCUT2D eigenvalue weighted by atomic mass is 32.2. The van der Waals surface area contributed by atoms with Crippen molar-refractivity contribution in [2.75, 3.05) is 5.75 Å². The molecule has 0 aliphatic carbocycles. The van der Waals surface area contributed by atoms with E-state index in [1.165, 1.54) is 0 Å². The van der Waals surface area contributed by atoms with E-state index in [0.29, 0.717) is 0 Å². The third-order valence-electron chi connectivity index (χ3n) is 1.94. The smallest absolute Gasteiger partial charge is 0.313 e. The van der Waals surface area contributed by atoms with Gasteiger partial charge in [-0.25, -0.2) is 0 Å². The number of rotatable bonds is 6. The van der Waals surface area contributed by atoms with Gasteiger partial charge in [-0.2, -0.15) is 0 Å². The van der Waals surface area contributed by atoms with Gasteiger partial charge < -0.3 is 10.2 Å².